The minimum absolute atomic E-state index is 0.120. The third kappa shape index (κ3) is 5.60. The Bertz CT molecular complexity index is 869. The molecular formula is C17H11BrClF3N2O2. The van der Waals surface area contributed by atoms with E-state index in [9.17, 15) is 22.8 Å². The molecule has 0 heterocycles. The number of alkyl halides is 3. The number of amides is 3. The minimum Gasteiger partial charge on any atom is -0.308 e. The molecule has 0 unspecified atom stereocenters. The van der Waals surface area contributed by atoms with Crippen LogP contribution in [0.15, 0.2) is 53.0 Å². The molecule has 0 aliphatic rings. The van der Waals surface area contributed by atoms with Crippen LogP contribution in [0.2, 0.25) is 5.02 Å². The van der Waals surface area contributed by atoms with E-state index in [0.29, 0.717) is 0 Å². The molecule has 0 saturated heterocycles. The summed E-state index contributed by atoms with van der Waals surface area (Å²) in [4.78, 5) is 23.9. The number of carbonyl (C=O) groups is 2. The Morgan fingerprint density at radius 1 is 1.08 bits per heavy atom. The highest BCUT2D eigenvalue weighted by Gasteiger charge is 2.31. The second-order valence-electron chi connectivity index (χ2n) is 5.00. The van der Waals surface area contributed by atoms with Crippen LogP contribution in [0.25, 0.3) is 6.08 Å². The Kier molecular flexibility index (Phi) is 6.44. The Morgan fingerprint density at radius 3 is 2.42 bits per heavy atom. The first-order valence-electron chi connectivity index (χ1n) is 7.08. The molecular weight excluding hydrogens is 437 g/mol. The van der Waals surface area contributed by atoms with E-state index < -0.39 is 22.6 Å². The molecule has 9 heteroatoms. The van der Waals surface area contributed by atoms with Gasteiger partial charge in [0.1, 0.15) is 0 Å². The number of hydrogen-bond acceptors (Lipinski definition) is 2. The molecule has 2 aromatic carbocycles. The summed E-state index contributed by atoms with van der Waals surface area (Å²) < 4.78 is 36.7. The normalized spacial score (nSPS) is 11.8. The zero-order valence-corrected chi connectivity index (χ0v) is 15.2. The van der Waals surface area contributed by atoms with E-state index in [2.05, 4.69) is 26.6 Å². The molecule has 2 rings (SSSR count). The maximum atomic E-state index is 12.5. The molecule has 0 spiro atoms. The van der Waals surface area contributed by atoms with Gasteiger partial charge in [0.2, 0.25) is 0 Å². The highest BCUT2D eigenvalue weighted by Crippen LogP contribution is 2.32. The highest BCUT2D eigenvalue weighted by atomic mass is 79.9. The lowest BCUT2D eigenvalue weighted by atomic mass is 10.2. The molecule has 26 heavy (non-hydrogen) atoms. The second kappa shape index (κ2) is 8.37. The van der Waals surface area contributed by atoms with Gasteiger partial charge in [-0.2, -0.15) is 13.2 Å². The van der Waals surface area contributed by atoms with E-state index in [0.717, 1.165) is 6.08 Å². The standard InChI is InChI=1S/C17H11BrClF3N2O2/c18-14(17(20,21)22)9-10-4-3-5-11(8-10)23-16(26)24-15(25)12-6-1-2-7-13(12)19/h1-9H,(H2,23,24,25,26). The molecule has 2 aromatic rings. The van der Waals surface area contributed by atoms with E-state index in [1.807, 2.05) is 0 Å². The fourth-order valence-corrected chi connectivity index (χ4v) is 2.40. The molecule has 4 nitrogen and oxygen atoms in total. The summed E-state index contributed by atoms with van der Waals surface area (Å²) >= 11 is 8.33. The monoisotopic (exact) mass is 446 g/mol. The van der Waals surface area contributed by atoms with Crippen molar-refractivity contribution in [3.8, 4) is 0 Å². The van der Waals surface area contributed by atoms with Crippen LogP contribution in [0.4, 0.5) is 23.7 Å². The van der Waals surface area contributed by atoms with Gasteiger partial charge < -0.3 is 5.32 Å². The second-order valence-corrected chi connectivity index (χ2v) is 6.27. The lowest BCUT2D eigenvalue weighted by Gasteiger charge is -2.09. The molecule has 0 fully saturated rings. The fraction of sp³-hybridized carbons (Fsp3) is 0.0588. The van der Waals surface area contributed by atoms with Crippen molar-refractivity contribution >= 4 is 51.2 Å². The fourth-order valence-electron chi connectivity index (χ4n) is 1.91. The summed E-state index contributed by atoms with van der Waals surface area (Å²) in [5, 5.41) is 4.65. The number of anilines is 1. The molecule has 0 bridgehead atoms. The summed E-state index contributed by atoms with van der Waals surface area (Å²) in [5.41, 5.74) is 0.547. The van der Waals surface area contributed by atoms with Crippen LogP contribution in [0.3, 0.4) is 0 Å². The van der Waals surface area contributed by atoms with Crippen LogP contribution < -0.4 is 10.6 Å². The van der Waals surface area contributed by atoms with Gasteiger partial charge >= 0.3 is 12.2 Å². The minimum atomic E-state index is -4.51. The largest absolute Gasteiger partial charge is 0.422 e. The predicted octanol–water partition coefficient (Wildman–Crippen LogP) is 5.60. The van der Waals surface area contributed by atoms with Crippen LogP contribution in [0.1, 0.15) is 15.9 Å². The van der Waals surface area contributed by atoms with Gasteiger partial charge in [-0.3, -0.25) is 10.1 Å². The van der Waals surface area contributed by atoms with Gasteiger partial charge in [-0.05, 0) is 51.8 Å². The quantitative estimate of drug-likeness (QED) is 0.643. The lowest BCUT2D eigenvalue weighted by molar-refractivity contribution is -0.0820. The third-order valence-corrected chi connectivity index (χ3v) is 4.06. The maximum absolute atomic E-state index is 12.5. The Morgan fingerprint density at radius 2 is 1.77 bits per heavy atom. The molecule has 3 amide bonds. The van der Waals surface area contributed by atoms with Crippen LogP contribution in [-0.4, -0.2) is 18.1 Å². The number of allylic oxidation sites excluding steroid dienone is 1. The number of rotatable bonds is 3. The smallest absolute Gasteiger partial charge is 0.308 e. The van der Waals surface area contributed by atoms with Gasteiger partial charge in [-0.15, -0.1) is 0 Å². The van der Waals surface area contributed by atoms with Crippen molar-refractivity contribution in [2.75, 3.05) is 5.32 Å². The molecule has 0 aliphatic heterocycles. The molecule has 0 atom stereocenters. The number of imide groups is 1. The Labute approximate surface area is 160 Å². The summed E-state index contributed by atoms with van der Waals surface area (Å²) in [5.74, 6) is -0.705. The van der Waals surface area contributed by atoms with Crippen molar-refractivity contribution in [1.82, 2.24) is 5.32 Å². The topological polar surface area (TPSA) is 58.2 Å². The maximum Gasteiger partial charge on any atom is 0.422 e. The van der Waals surface area contributed by atoms with Crippen LogP contribution in [-0.2, 0) is 0 Å². The number of nitrogens with one attached hydrogen (secondary N) is 2. The van der Waals surface area contributed by atoms with E-state index in [4.69, 9.17) is 11.6 Å². The van der Waals surface area contributed by atoms with Crippen molar-refractivity contribution in [2.45, 2.75) is 6.18 Å². The van der Waals surface area contributed by atoms with Crippen LogP contribution in [0, 0.1) is 0 Å². The number of carbonyl (C=O) groups excluding carboxylic acids is 2. The summed E-state index contributed by atoms with van der Waals surface area (Å²) in [6, 6.07) is 11.0. The molecule has 0 aromatic heterocycles. The summed E-state index contributed by atoms with van der Waals surface area (Å²) in [6.45, 7) is 0. The van der Waals surface area contributed by atoms with Crippen molar-refractivity contribution in [3.63, 3.8) is 0 Å². The van der Waals surface area contributed by atoms with Gasteiger partial charge in [0.05, 0.1) is 15.1 Å². The SMILES string of the molecule is O=C(NC(=O)c1ccccc1Cl)Nc1cccc(C=C(Br)C(F)(F)F)c1. The van der Waals surface area contributed by atoms with E-state index in [-0.39, 0.29) is 21.8 Å². The predicted molar refractivity (Wildman–Crippen MR) is 97.3 cm³/mol. The van der Waals surface area contributed by atoms with Gasteiger partial charge in [-0.25, -0.2) is 4.79 Å². The van der Waals surface area contributed by atoms with Crippen molar-refractivity contribution < 1.29 is 22.8 Å². The summed E-state index contributed by atoms with van der Waals surface area (Å²) in [6.07, 6.45) is -3.64. The summed E-state index contributed by atoms with van der Waals surface area (Å²) in [7, 11) is 0. The third-order valence-electron chi connectivity index (χ3n) is 3.05. The first-order chi connectivity index (χ1) is 12.2. The van der Waals surface area contributed by atoms with Gasteiger partial charge in [0, 0.05) is 5.69 Å². The molecule has 0 aliphatic carbocycles. The first kappa shape index (κ1) is 20.0. The lowest BCUT2D eigenvalue weighted by Crippen LogP contribution is -2.34. The first-order valence-corrected chi connectivity index (χ1v) is 8.25. The molecule has 0 radical (unpaired) electrons. The van der Waals surface area contributed by atoms with Gasteiger partial charge in [0.15, 0.2) is 0 Å². The van der Waals surface area contributed by atoms with Crippen molar-refractivity contribution in [2.24, 2.45) is 0 Å². The van der Waals surface area contributed by atoms with Crippen molar-refractivity contribution in [1.29, 1.82) is 0 Å². The Hall–Kier alpha value is -2.32. The molecule has 0 saturated carbocycles. The Balaban J connectivity index is 2.07. The number of benzene rings is 2. The van der Waals surface area contributed by atoms with Crippen LogP contribution >= 0.6 is 27.5 Å². The number of hydrogen-bond donors (Lipinski definition) is 2. The average Bonchev–Trinajstić information content (AvgIpc) is 2.54. The van der Waals surface area contributed by atoms with E-state index >= 15 is 0 Å². The van der Waals surface area contributed by atoms with Crippen LogP contribution in [0.5, 0.6) is 0 Å². The molecule has 2 N–H and O–H groups in total. The zero-order chi connectivity index (χ0) is 19.3. The van der Waals surface area contributed by atoms with Gasteiger partial charge in [-0.1, -0.05) is 35.9 Å². The molecule has 136 valence electrons. The van der Waals surface area contributed by atoms with Crippen molar-refractivity contribution in [3.05, 3.63) is 69.2 Å². The average molecular weight is 448 g/mol. The zero-order valence-electron chi connectivity index (χ0n) is 12.9. The number of halogens is 5. The van der Waals surface area contributed by atoms with E-state index in [1.165, 1.54) is 36.4 Å². The highest BCUT2D eigenvalue weighted by molar-refractivity contribution is 9.11. The van der Waals surface area contributed by atoms with Gasteiger partial charge in [0.25, 0.3) is 5.91 Å². The van der Waals surface area contributed by atoms with E-state index in [1.54, 1.807) is 12.1 Å². The number of urea groups is 1.